The van der Waals surface area contributed by atoms with E-state index in [1.54, 1.807) is 0 Å². The molecule has 0 aliphatic carbocycles. The molecule has 0 saturated heterocycles. The molecule has 0 aliphatic heterocycles. The molecule has 0 aromatic rings. The highest BCUT2D eigenvalue weighted by Gasteiger charge is 2.27. The zero-order valence-electron chi connectivity index (χ0n) is 36.9. The lowest BCUT2D eigenvalue weighted by Gasteiger charge is -2.20. The summed E-state index contributed by atoms with van der Waals surface area (Å²) in [6.07, 6.45) is 50.0. The molecular weight excluding hydrogens is 767 g/mol. The highest BCUT2D eigenvalue weighted by atomic mass is 31.2. The number of unbranched alkanes of at least 4 members (excludes halogenated alkanes) is 16. The molecule has 0 aliphatic rings. The molecule has 0 spiro atoms. The molecule has 0 fully saturated rings. The second kappa shape index (κ2) is 43.5. The van der Waals surface area contributed by atoms with Crippen molar-refractivity contribution in [2.75, 3.05) is 26.4 Å². The standard InChI is InChI=1S/C48H83O10P/c1-3-5-7-9-11-13-15-17-19-21-22-24-25-27-29-31-33-35-37-39-47(51)55-43-46(44-57-59(53,54)56-42-45(50)41-49)58-48(52)40-38-36-34-32-30-28-26-23-20-18-16-14-12-10-8-6-4-2/h5,7,11,13,17-20,22,24,27,29,45-46,49-50H,3-4,6,8-10,12,14-16,21,23,25-26,28,30-44H2,1-2H3,(H,53,54)/b7-5+,13-11+,19-17+,20-18+,24-22+,29-27+/t45-,46+/m0/s1. The quantitative estimate of drug-likeness (QED) is 0.0234. The summed E-state index contributed by atoms with van der Waals surface area (Å²) in [7, 11) is -4.63. The van der Waals surface area contributed by atoms with Crippen LogP contribution in [0.2, 0.25) is 0 Å². The van der Waals surface area contributed by atoms with Crippen LogP contribution in [0.25, 0.3) is 0 Å². The van der Waals surface area contributed by atoms with E-state index in [2.05, 4.69) is 86.8 Å². The number of carbonyl (C=O) groups excluding carboxylic acids is 2. The van der Waals surface area contributed by atoms with Gasteiger partial charge in [0.2, 0.25) is 0 Å². The van der Waals surface area contributed by atoms with Gasteiger partial charge in [0.15, 0.2) is 6.10 Å². The number of allylic oxidation sites excluding steroid dienone is 12. The first-order chi connectivity index (χ1) is 28.7. The molecule has 1 unspecified atom stereocenters. The van der Waals surface area contributed by atoms with Gasteiger partial charge in [0.05, 0.1) is 19.8 Å². The number of aliphatic hydroxyl groups excluding tert-OH is 2. The molecule has 3 N–H and O–H groups in total. The Hall–Kier alpha value is -2.59. The summed E-state index contributed by atoms with van der Waals surface area (Å²) >= 11 is 0. The Morgan fingerprint density at radius 3 is 1.44 bits per heavy atom. The third-order valence-electron chi connectivity index (χ3n) is 9.34. The van der Waals surface area contributed by atoms with Gasteiger partial charge in [-0.2, -0.15) is 0 Å². The second-order valence-corrected chi connectivity index (χ2v) is 16.5. The zero-order chi connectivity index (χ0) is 43.3. The van der Waals surface area contributed by atoms with Crippen LogP contribution in [-0.2, 0) is 32.7 Å². The first-order valence-corrected chi connectivity index (χ1v) is 24.4. The lowest BCUT2D eigenvalue weighted by molar-refractivity contribution is -0.161. The van der Waals surface area contributed by atoms with Crippen molar-refractivity contribution in [1.82, 2.24) is 0 Å². The summed E-state index contributed by atoms with van der Waals surface area (Å²) < 4.78 is 32.7. The molecule has 0 aromatic heterocycles. The molecule has 0 radical (unpaired) electrons. The zero-order valence-corrected chi connectivity index (χ0v) is 37.8. The third-order valence-corrected chi connectivity index (χ3v) is 10.3. The van der Waals surface area contributed by atoms with Crippen LogP contribution < -0.4 is 0 Å². The number of esters is 2. The highest BCUT2D eigenvalue weighted by molar-refractivity contribution is 7.47. The molecule has 0 rings (SSSR count). The average Bonchev–Trinajstić information content (AvgIpc) is 3.22. The molecule has 59 heavy (non-hydrogen) atoms. The topological polar surface area (TPSA) is 149 Å². The van der Waals surface area contributed by atoms with Gasteiger partial charge in [-0.15, -0.1) is 0 Å². The van der Waals surface area contributed by atoms with Crippen molar-refractivity contribution in [3.05, 3.63) is 72.9 Å². The molecule has 340 valence electrons. The van der Waals surface area contributed by atoms with Gasteiger partial charge >= 0.3 is 19.8 Å². The van der Waals surface area contributed by atoms with Gasteiger partial charge in [0.25, 0.3) is 0 Å². The van der Waals surface area contributed by atoms with Crippen LogP contribution >= 0.6 is 7.82 Å². The largest absolute Gasteiger partial charge is 0.472 e. The Kier molecular flexibility index (Phi) is 41.6. The van der Waals surface area contributed by atoms with Crippen LogP contribution in [-0.4, -0.2) is 65.7 Å². The molecule has 0 heterocycles. The molecule has 0 amide bonds. The van der Waals surface area contributed by atoms with Crippen molar-refractivity contribution in [1.29, 1.82) is 0 Å². The monoisotopic (exact) mass is 851 g/mol. The summed E-state index contributed by atoms with van der Waals surface area (Å²) in [4.78, 5) is 35.1. The SMILES string of the molecule is CC/C=C/C/C=C/C/C=C/C/C=C/C/C=C/CCCCCC(=O)OC[C@H](COP(=O)(O)OC[C@@H](O)CO)OC(=O)CCCCCCCCC/C=C/CCCCCCCC. The molecule has 0 saturated carbocycles. The van der Waals surface area contributed by atoms with E-state index >= 15 is 0 Å². The Morgan fingerprint density at radius 2 is 0.932 bits per heavy atom. The van der Waals surface area contributed by atoms with Crippen molar-refractivity contribution in [3.63, 3.8) is 0 Å². The normalized spacial score (nSPS) is 14.5. The van der Waals surface area contributed by atoms with Crippen molar-refractivity contribution >= 4 is 19.8 Å². The van der Waals surface area contributed by atoms with Crippen LogP contribution in [0.4, 0.5) is 0 Å². The molecule has 3 atom stereocenters. The van der Waals surface area contributed by atoms with Crippen molar-refractivity contribution in [2.45, 2.75) is 193 Å². The van der Waals surface area contributed by atoms with Crippen LogP contribution in [0.15, 0.2) is 72.9 Å². The van der Waals surface area contributed by atoms with E-state index in [9.17, 15) is 24.2 Å². The average molecular weight is 851 g/mol. The van der Waals surface area contributed by atoms with Gasteiger partial charge in [0, 0.05) is 12.8 Å². The Morgan fingerprint density at radius 1 is 0.525 bits per heavy atom. The maximum Gasteiger partial charge on any atom is 0.472 e. The van der Waals surface area contributed by atoms with E-state index < -0.39 is 51.8 Å². The van der Waals surface area contributed by atoms with Gasteiger partial charge in [-0.3, -0.25) is 18.6 Å². The first-order valence-electron chi connectivity index (χ1n) is 22.9. The smallest absolute Gasteiger partial charge is 0.462 e. The van der Waals surface area contributed by atoms with E-state index in [0.29, 0.717) is 12.8 Å². The number of rotatable bonds is 42. The number of phosphoric acid groups is 1. The predicted molar refractivity (Wildman–Crippen MR) is 242 cm³/mol. The fourth-order valence-electron chi connectivity index (χ4n) is 5.84. The minimum Gasteiger partial charge on any atom is -0.462 e. The van der Waals surface area contributed by atoms with E-state index in [4.69, 9.17) is 23.6 Å². The van der Waals surface area contributed by atoms with Crippen LogP contribution in [0.1, 0.15) is 181 Å². The maximum atomic E-state index is 12.6. The minimum absolute atomic E-state index is 0.168. The number of phosphoric ester groups is 1. The summed E-state index contributed by atoms with van der Waals surface area (Å²) in [6, 6.07) is 0. The van der Waals surface area contributed by atoms with Crippen molar-refractivity contribution in [2.24, 2.45) is 0 Å². The Balaban J connectivity index is 4.34. The van der Waals surface area contributed by atoms with Crippen LogP contribution in [0, 0.1) is 0 Å². The van der Waals surface area contributed by atoms with Gasteiger partial charge in [0.1, 0.15) is 12.7 Å². The number of hydrogen-bond donors (Lipinski definition) is 3. The molecular formula is C48H83O10P. The second-order valence-electron chi connectivity index (χ2n) is 15.0. The van der Waals surface area contributed by atoms with Gasteiger partial charge in [-0.05, 0) is 83.5 Å². The number of hydrogen-bond acceptors (Lipinski definition) is 9. The lowest BCUT2D eigenvalue weighted by Crippen LogP contribution is -2.29. The van der Waals surface area contributed by atoms with Crippen LogP contribution in [0.5, 0.6) is 0 Å². The maximum absolute atomic E-state index is 12.6. The molecule has 10 nitrogen and oxygen atoms in total. The van der Waals surface area contributed by atoms with E-state index in [-0.39, 0.29) is 19.4 Å². The molecule has 0 aromatic carbocycles. The van der Waals surface area contributed by atoms with Crippen molar-refractivity contribution < 1.29 is 47.8 Å². The Bertz CT molecular complexity index is 1210. The lowest BCUT2D eigenvalue weighted by atomic mass is 10.1. The third kappa shape index (κ3) is 43.3. The minimum atomic E-state index is -4.63. The Labute approximate surface area is 358 Å². The van der Waals surface area contributed by atoms with Gasteiger partial charge < -0.3 is 24.6 Å². The number of aliphatic hydroxyl groups is 2. The summed E-state index contributed by atoms with van der Waals surface area (Å²) in [5.74, 6) is -0.971. The molecule has 0 bridgehead atoms. The number of carbonyl (C=O) groups is 2. The first kappa shape index (κ1) is 56.4. The van der Waals surface area contributed by atoms with Crippen LogP contribution in [0.3, 0.4) is 0 Å². The van der Waals surface area contributed by atoms with Gasteiger partial charge in [-0.1, -0.05) is 157 Å². The highest BCUT2D eigenvalue weighted by Crippen LogP contribution is 2.43. The predicted octanol–water partition coefficient (Wildman–Crippen LogP) is 12.4. The van der Waals surface area contributed by atoms with Crippen molar-refractivity contribution in [3.8, 4) is 0 Å². The van der Waals surface area contributed by atoms with Gasteiger partial charge in [-0.25, -0.2) is 4.57 Å². The molecule has 11 heteroatoms. The van der Waals surface area contributed by atoms with E-state index in [1.807, 2.05) is 0 Å². The summed E-state index contributed by atoms with van der Waals surface area (Å²) in [5.41, 5.74) is 0. The number of ether oxygens (including phenoxy) is 2. The fraction of sp³-hybridized carbons (Fsp3) is 0.708. The van der Waals surface area contributed by atoms with E-state index in [0.717, 1.165) is 77.0 Å². The summed E-state index contributed by atoms with van der Waals surface area (Å²) in [6.45, 7) is 2.22. The van der Waals surface area contributed by atoms with E-state index in [1.165, 1.54) is 64.2 Å². The summed E-state index contributed by atoms with van der Waals surface area (Å²) in [5, 5.41) is 18.4. The fourth-order valence-corrected chi connectivity index (χ4v) is 6.63.